The van der Waals surface area contributed by atoms with Crippen molar-refractivity contribution < 1.29 is 19.4 Å². The van der Waals surface area contributed by atoms with Crippen LogP contribution in [0.4, 0.5) is 4.79 Å². The van der Waals surface area contributed by atoms with Crippen LogP contribution in [0, 0.1) is 17.2 Å². The van der Waals surface area contributed by atoms with Crippen molar-refractivity contribution in [2.24, 2.45) is 5.92 Å². The van der Waals surface area contributed by atoms with E-state index in [2.05, 4.69) is 10.6 Å². The van der Waals surface area contributed by atoms with E-state index < -0.39 is 12.0 Å². The average Bonchev–Trinajstić information content (AvgIpc) is 2.52. The third-order valence-electron chi connectivity index (χ3n) is 2.95. The number of nitriles is 1. The van der Waals surface area contributed by atoms with Gasteiger partial charge < -0.3 is 20.5 Å². The van der Waals surface area contributed by atoms with Crippen molar-refractivity contribution in [3.8, 4) is 11.8 Å². The van der Waals surface area contributed by atoms with Gasteiger partial charge in [-0.25, -0.2) is 4.79 Å². The molecule has 1 aromatic carbocycles. The lowest BCUT2D eigenvalue weighted by atomic mass is 9.98. The van der Waals surface area contributed by atoms with Crippen molar-refractivity contribution in [1.29, 1.82) is 5.26 Å². The lowest BCUT2D eigenvalue weighted by Gasteiger charge is -2.17. The van der Waals surface area contributed by atoms with Crippen LogP contribution >= 0.6 is 0 Å². The Morgan fingerprint density at radius 2 is 1.91 bits per heavy atom. The Balaban J connectivity index is 2.72. The van der Waals surface area contributed by atoms with Crippen LogP contribution in [0.15, 0.2) is 24.3 Å². The van der Waals surface area contributed by atoms with E-state index in [0.717, 1.165) is 0 Å². The van der Waals surface area contributed by atoms with E-state index in [1.807, 2.05) is 19.9 Å². The second-order valence-electron chi connectivity index (χ2n) is 5.39. The predicted molar refractivity (Wildman–Crippen MR) is 83.7 cm³/mol. The fourth-order valence-electron chi connectivity index (χ4n) is 1.80. The Kier molecular flexibility index (Phi) is 7.40. The maximum atomic E-state index is 12.1. The average molecular weight is 319 g/mol. The molecule has 0 saturated carbocycles. The molecule has 0 aliphatic carbocycles. The van der Waals surface area contributed by atoms with Gasteiger partial charge in [0.2, 0.25) is 5.91 Å². The predicted octanol–water partition coefficient (Wildman–Crippen LogP) is 1.50. The van der Waals surface area contributed by atoms with Gasteiger partial charge in [-0.1, -0.05) is 26.0 Å². The minimum Gasteiger partial charge on any atom is -0.508 e. The van der Waals surface area contributed by atoms with E-state index in [0.29, 0.717) is 5.56 Å². The molecular weight excluding hydrogens is 298 g/mol. The molecule has 2 amide bonds. The Hall–Kier alpha value is -2.75. The first-order valence-electron chi connectivity index (χ1n) is 7.28. The number of aromatic hydroxyl groups is 1. The topological polar surface area (TPSA) is 111 Å². The summed E-state index contributed by atoms with van der Waals surface area (Å²) in [7, 11) is 0. The molecule has 1 unspecified atom stereocenters. The lowest BCUT2D eigenvalue weighted by molar-refractivity contribution is -0.122. The lowest BCUT2D eigenvalue weighted by Crippen LogP contribution is -2.38. The van der Waals surface area contributed by atoms with Crippen LogP contribution in [-0.4, -0.2) is 36.8 Å². The number of nitrogens with zero attached hydrogens (tertiary/aromatic N) is 1. The molecule has 1 aromatic rings. The van der Waals surface area contributed by atoms with Crippen LogP contribution in [0.5, 0.6) is 5.75 Å². The zero-order valence-corrected chi connectivity index (χ0v) is 13.2. The van der Waals surface area contributed by atoms with Crippen LogP contribution in [0.2, 0.25) is 0 Å². The number of hydrogen-bond acceptors (Lipinski definition) is 5. The molecule has 0 aromatic heterocycles. The summed E-state index contributed by atoms with van der Waals surface area (Å²) < 4.78 is 5.00. The molecule has 7 nitrogen and oxygen atoms in total. The molecule has 0 radical (unpaired) electrons. The fraction of sp³-hybridized carbons (Fsp3) is 0.438. The number of hydrogen-bond donors (Lipinski definition) is 3. The second kappa shape index (κ2) is 9.30. The van der Waals surface area contributed by atoms with E-state index >= 15 is 0 Å². The summed E-state index contributed by atoms with van der Waals surface area (Å²) in [5.74, 6) is -0.779. The van der Waals surface area contributed by atoms with Gasteiger partial charge in [0, 0.05) is 6.54 Å². The molecular formula is C16H21N3O4. The normalized spacial score (nSPS) is 11.4. The Morgan fingerprint density at radius 3 is 2.48 bits per heavy atom. The van der Waals surface area contributed by atoms with Crippen LogP contribution in [-0.2, 0) is 9.53 Å². The monoisotopic (exact) mass is 319 g/mol. The number of amides is 2. The van der Waals surface area contributed by atoms with Crippen molar-refractivity contribution in [2.45, 2.75) is 19.8 Å². The number of benzene rings is 1. The van der Waals surface area contributed by atoms with Crippen LogP contribution in [0.1, 0.15) is 25.3 Å². The molecule has 1 atom stereocenters. The number of carbonyl (C=O) groups is 2. The van der Waals surface area contributed by atoms with Gasteiger partial charge in [-0.3, -0.25) is 4.79 Å². The van der Waals surface area contributed by atoms with Crippen molar-refractivity contribution >= 4 is 12.0 Å². The van der Waals surface area contributed by atoms with Gasteiger partial charge in [0.05, 0.1) is 18.6 Å². The van der Waals surface area contributed by atoms with Crippen molar-refractivity contribution in [1.82, 2.24) is 10.6 Å². The number of ether oxygens (including phenoxy) is 1. The standard InChI is InChI=1S/C16H21N3O4/c1-11(2)10-23-16(22)19-9-14(15(21)18-8-7-17)12-3-5-13(20)6-4-12/h3-6,11,14,20H,8-10H2,1-2H3,(H,18,21)(H,19,22). The van der Waals surface area contributed by atoms with Crippen molar-refractivity contribution in [2.75, 3.05) is 19.7 Å². The molecule has 124 valence electrons. The molecule has 0 spiro atoms. The third kappa shape index (κ3) is 6.70. The highest BCUT2D eigenvalue weighted by Gasteiger charge is 2.21. The number of alkyl carbamates (subject to hydrolysis) is 1. The second-order valence-corrected chi connectivity index (χ2v) is 5.39. The van der Waals surface area contributed by atoms with Crippen LogP contribution in [0.3, 0.4) is 0 Å². The molecule has 23 heavy (non-hydrogen) atoms. The molecule has 0 heterocycles. The van der Waals surface area contributed by atoms with E-state index in [1.54, 1.807) is 12.1 Å². The Bertz CT molecular complexity index is 564. The van der Waals surface area contributed by atoms with Crippen molar-refractivity contribution in [3.05, 3.63) is 29.8 Å². The number of rotatable bonds is 7. The number of phenols is 1. The summed E-state index contributed by atoms with van der Waals surface area (Å²) in [5, 5.41) is 22.9. The Labute approximate surface area is 135 Å². The molecule has 0 aliphatic rings. The van der Waals surface area contributed by atoms with E-state index in [1.165, 1.54) is 12.1 Å². The fourth-order valence-corrected chi connectivity index (χ4v) is 1.80. The van der Waals surface area contributed by atoms with E-state index in [4.69, 9.17) is 10.00 Å². The maximum absolute atomic E-state index is 12.1. The zero-order chi connectivity index (χ0) is 17.2. The largest absolute Gasteiger partial charge is 0.508 e. The highest BCUT2D eigenvalue weighted by atomic mass is 16.5. The van der Waals surface area contributed by atoms with Gasteiger partial charge in [0.1, 0.15) is 12.3 Å². The number of nitrogens with one attached hydrogen (secondary N) is 2. The number of phenolic OH excluding ortho intramolecular Hbond substituents is 1. The first-order valence-corrected chi connectivity index (χ1v) is 7.28. The first kappa shape index (κ1) is 18.3. The summed E-state index contributed by atoms with van der Waals surface area (Å²) in [6, 6.07) is 7.92. The van der Waals surface area contributed by atoms with Gasteiger partial charge >= 0.3 is 6.09 Å². The summed E-state index contributed by atoms with van der Waals surface area (Å²) in [5.41, 5.74) is 0.613. The molecule has 0 aliphatic heterocycles. The summed E-state index contributed by atoms with van der Waals surface area (Å²) in [6.45, 7) is 4.03. The van der Waals surface area contributed by atoms with E-state index in [-0.39, 0.29) is 37.3 Å². The van der Waals surface area contributed by atoms with Gasteiger partial charge in [-0.15, -0.1) is 0 Å². The van der Waals surface area contributed by atoms with Gasteiger partial charge in [0.25, 0.3) is 0 Å². The van der Waals surface area contributed by atoms with Gasteiger partial charge in [-0.05, 0) is 23.6 Å². The third-order valence-corrected chi connectivity index (χ3v) is 2.95. The molecule has 1 rings (SSSR count). The van der Waals surface area contributed by atoms with Crippen LogP contribution < -0.4 is 10.6 Å². The SMILES string of the molecule is CC(C)COC(=O)NCC(C(=O)NCC#N)c1ccc(O)cc1. The minimum absolute atomic E-state index is 0.0268. The summed E-state index contributed by atoms with van der Waals surface area (Å²) in [6.07, 6.45) is -0.601. The van der Waals surface area contributed by atoms with Gasteiger partial charge in [0.15, 0.2) is 0 Å². The maximum Gasteiger partial charge on any atom is 0.407 e. The highest BCUT2D eigenvalue weighted by Crippen LogP contribution is 2.18. The molecule has 0 fully saturated rings. The highest BCUT2D eigenvalue weighted by molar-refractivity contribution is 5.84. The zero-order valence-electron chi connectivity index (χ0n) is 13.2. The summed E-state index contributed by atoms with van der Waals surface area (Å²) in [4.78, 5) is 23.8. The number of carbonyl (C=O) groups excluding carboxylic acids is 2. The smallest absolute Gasteiger partial charge is 0.407 e. The first-order chi connectivity index (χ1) is 10.9. The van der Waals surface area contributed by atoms with Crippen molar-refractivity contribution in [3.63, 3.8) is 0 Å². The molecule has 0 saturated heterocycles. The summed E-state index contributed by atoms with van der Waals surface area (Å²) >= 11 is 0. The molecule has 7 heteroatoms. The van der Waals surface area contributed by atoms with Crippen LogP contribution in [0.25, 0.3) is 0 Å². The minimum atomic E-state index is -0.685. The quantitative estimate of drug-likeness (QED) is 0.659. The van der Waals surface area contributed by atoms with E-state index in [9.17, 15) is 14.7 Å². The Morgan fingerprint density at radius 1 is 1.26 bits per heavy atom. The molecule has 3 N–H and O–H groups in total. The molecule has 0 bridgehead atoms. The van der Waals surface area contributed by atoms with Gasteiger partial charge in [-0.2, -0.15) is 5.26 Å².